The van der Waals surface area contributed by atoms with E-state index in [1.807, 2.05) is 6.07 Å². The molecule has 0 saturated carbocycles. The number of nitrogens with zero attached hydrogens (tertiary/aromatic N) is 1. The average molecular weight is 255 g/mol. The first kappa shape index (κ1) is 14.5. The molecule has 0 amide bonds. The lowest BCUT2D eigenvalue weighted by atomic mass is 9.94. The summed E-state index contributed by atoms with van der Waals surface area (Å²) < 4.78 is 0. The lowest BCUT2D eigenvalue weighted by molar-refractivity contribution is 0.284. The number of hydrogen-bond acceptors (Lipinski definition) is 2. The fraction of sp³-hybridized carbons (Fsp3) is 0.571. The molecule has 2 nitrogen and oxygen atoms in total. The minimum Gasteiger partial charge on any atom is -0.330 e. The first-order chi connectivity index (χ1) is 8.12. The highest BCUT2D eigenvalue weighted by Crippen LogP contribution is 2.23. The summed E-state index contributed by atoms with van der Waals surface area (Å²) in [6, 6.07) is 6.06. The average Bonchev–Trinajstić information content (AvgIpc) is 2.34. The summed E-state index contributed by atoms with van der Waals surface area (Å²) in [6.07, 6.45) is 0. The van der Waals surface area contributed by atoms with Crippen LogP contribution in [0, 0.1) is 6.92 Å². The molecule has 2 N–H and O–H groups in total. The van der Waals surface area contributed by atoms with Gasteiger partial charge in [0.25, 0.3) is 0 Å². The first-order valence-electron chi connectivity index (χ1n) is 6.30. The van der Waals surface area contributed by atoms with Crippen LogP contribution >= 0.6 is 11.6 Å². The van der Waals surface area contributed by atoms with Gasteiger partial charge in [-0.2, -0.15) is 0 Å². The Kier molecular flexibility index (Phi) is 5.96. The van der Waals surface area contributed by atoms with Crippen LogP contribution in [0.15, 0.2) is 18.2 Å². The second kappa shape index (κ2) is 7.00. The number of hydrogen-bond donors (Lipinski definition) is 1. The van der Waals surface area contributed by atoms with Crippen molar-refractivity contribution in [2.45, 2.75) is 26.7 Å². The fourth-order valence-corrected chi connectivity index (χ4v) is 2.33. The highest BCUT2D eigenvalue weighted by molar-refractivity contribution is 6.30. The summed E-state index contributed by atoms with van der Waals surface area (Å²) in [5.74, 6) is 0.369. The third-order valence-corrected chi connectivity index (χ3v) is 3.57. The highest BCUT2D eigenvalue weighted by atomic mass is 35.5. The van der Waals surface area contributed by atoms with Crippen LogP contribution in [0.4, 0.5) is 0 Å². The van der Waals surface area contributed by atoms with Gasteiger partial charge in [0.15, 0.2) is 0 Å². The molecule has 0 aliphatic heterocycles. The Bertz CT molecular complexity index is 348. The van der Waals surface area contributed by atoms with E-state index < -0.39 is 0 Å². The van der Waals surface area contributed by atoms with Crippen molar-refractivity contribution in [1.82, 2.24) is 4.90 Å². The van der Waals surface area contributed by atoms with Gasteiger partial charge in [0.1, 0.15) is 0 Å². The minimum absolute atomic E-state index is 0.369. The van der Waals surface area contributed by atoms with Crippen LogP contribution < -0.4 is 5.73 Å². The Morgan fingerprint density at radius 2 is 1.94 bits per heavy atom. The zero-order chi connectivity index (χ0) is 12.8. The number of benzene rings is 1. The maximum atomic E-state index is 6.07. The van der Waals surface area contributed by atoms with Crippen molar-refractivity contribution in [3.63, 3.8) is 0 Å². The Hall–Kier alpha value is -0.570. The molecule has 1 aromatic rings. The molecule has 0 aliphatic carbocycles. The Morgan fingerprint density at radius 3 is 2.47 bits per heavy atom. The normalized spacial score (nSPS) is 13.1. The molecule has 0 heterocycles. The summed E-state index contributed by atoms with van der Waals surface area (Å²) in [6.45, 7) is 10.3. The standard InChI is InChI=1S/C14H23ClN2/c1-4-17(5-2)10-12(9-16)14-8-13(15)7-6-11(14)3/h6-8,12H,4-5,9-10,16H2,1-3H3. The van der Waals surface area contributed by atoms with E-state index in [0.29, 0.717) is 12.5 Å². The van der Waals surface area contributed by atoms with Crippen molar-refractivity contribution in [3.05, 3.63) is 34.3 Å². The molecule has 0 radical (unpaired) electrons. The summed E-state index contributed by atoms with van der Waals surface area (Å²) in [4.78, 5) is 2.40. The second-order valence-corrected chi connectivity index (χ2v) is 4.86. The Balaban J connectivity index is 2.89. The van der Waals surface area contributed by atoms with Crippen LogP contribution in [-0.4, -0.2) is 31.1 Å². The molecule has 1 rings (SSSR count). The van der Waals surface area contributed by atoms with Gasteiger partial charge in [-0.1, -0.05) is 31.5 Å². The smallest absolute Gasteiger partial charge is 0.0409 e. The molecule has 1 unspecified atom stereocenters. The maximum absolute atomic E-state index is 6.07. The number of aryl methyl sites for hydroxylation is 1. The Labute approximate surface area is 110 Å². The van der Waals surface area contributed by atoms with Crippen molar-refractivity contribution in [2.24, 2.45) is 5.73 Å². The quantitative estimate of drug-likeness (QED) is 0.846. The summed E-state index contributed by atoms with van der Waals surface area (Å²) >= 11 is 6.07. The lowest BCUT2D eigenvalue weighted by Gasteiger charge is -2.25. The zero-order valence-corrected chi connectivity index (χ0v) is 11.8. The number of halogens is 1. The molecule has 96 valence electrons. The van der Waals surface area contributed by atoms with Crippen molar-refractivity contribution < 1.29 is 0 Å². The highest BCUT2D eigenvalue weighted by Gasteiger charge is 2.15. The molecule has 17 heavy (non-hydrogen) atoms. The molecule has 0 spiro atoms. The number of likely N-dealkylation sites (N-methyl/N-ethyl adjacent to an activating group) is 1. The lowest BCUT2D eigenvalue weighted by Crippen LogP contribution is -2.31. The fourth-order valence-electron chi connectivity index (χ4n) is 2.14. The van der Waals surface area contributed by atoms with Gasteiger partial charge >= 0.3 is 0 Å². The summed E-state index contributed by atoms with van der Waals surface area (Å²) in [5, 5.41) is 0.795. The van der Waals surface area contributed by atoms with E-state index in [-0.39, 0.29) is 0 Å². The molecule has 3 heteroatoms. The number of rotatable bonds is 6. The van der Waals surface area contributed by atoms with Gasteiger partial charge in [-0.15, -0.1) is 0 Å². The van der Waals surface area contributed by atoms with Gasteiger partial charge in [0.2, 0.25) is 0 Å². The third kappa shape index (κ3) is 3.98. The number of nitrogens with two attached hydrogens (primary N) is 1. The monoisotopic (exact) mass is 254 g/mol. The predicted octanol–water partition coefficient (Wildman–Crippen LogP) is 3.03. The Morgan fingerprint density at radius 1 is 1.29 bits per heavy atom. The largest absolute Gasteiger partial charge is 0.330 e. The first-order valence-corrected chi connectivity index (χ1v) is 6.68. The minimum atomic E-state index is 0.369. The zero-order valence-electron chi connectivity index (χ0n) is 11.0. The van der Waals surface area contributed by atoms with Gasteiger partial charge < -0.3 is 10.6 Å². The summed E-state index contributed by atoms with van der Waals surface area (Å²) in [5.41, 5.74) is 8.47. The van der Waals surface area contributed by atoms with Crippen LogP contribution in [-0.2, 0) is 0 Å². The van der Waals surface area contributed by atoms with Gasteiger partial charge in [0, 0.05) is 24.0 Å². The van der Waals surface area contributed by atoms with E-state index in [2.05, 4.69) is 37.8 Å². The molecule has 1 aromatic carbocycles. The molecule has 1 atom stereocenters. The second-order valence-electron chi connectivity index (χ2n) is 4.42. The van der Waals surface area contributed by atoms with E-state index in [9.17, 15) is 0 Å². The van der Waals surface area contributed by atoms with Crippen LogP contribution in [0.1, 0.15) is 30.9 Å². The topological polar surface area (TPSA) is 29.3 Å². The van der Waals surface area contributed by atoms with Crippen molar-refractivity contribution in [2.75, 3.05) is 26.2 Å². The third-order valence-electron chi connectivity index (χ3n) is 3.34. The van der Waals surface area contributed by atoms with Crippen molar-refractivity contribution in [1.29, 1.82) is 0 Å². The van der Waals surface area contributed by atoms with Crippen molar-refractivity contribution in [3.8, 4) is 0 Å². The molecule has 0 saturated heterocycles. The van der Waals surface area contributed by atoms with Crippen LogP contribution in [0.2, 0.25) is 5.02 Å². The predicted molar refractivity (Wildman–Crippen MR) is 75.8 cm³/mol. The van der Waals surface area contributed by atoms with E-state index in [0.717, 1.165) is 24.7 Å². The SMILES string of the molecule is CCN(CC)CC(CN)c1cc(Cl)ccc1C. The van der Waals surface area contributed by atoms with Gasteiger partial charge in [-0.3, -0.25) is 0 Å². The summed E-state index contributed by atoms with van der Waals surface area (Å²) in [7, 11) is 0. The van der Waals surface area contributed by atoms with Crippen LogP contribution in [0.5, 0.6) is 0 Å². The molecule has 0 bridgehead atoms. The molecule has 0 aromatic heterocycles. The molecular formula is C14H23ClN2. The van der Waals surface area contributed by atoms with Crippen LogP contribution in [0.25, 0.3) is 0 Å². The van der Waals surface area contributed by atoms with E-state index in [1.165, 1.54) is 11.1 Å². The van der Waals surface area contributed by atoms with E-state index >= 15 is 0 Å². The van der Waals surface area contributed by atoms with Gasteiger partial charge in [0.05, 0.1) is 0 Å². The van der Waals surface area contributed by atoms with Gasteiger partial charge in [-0.05, 0) is 43.3 Å². The molecule has 0 aliphatic rings. The van der Waals surface area contributed by atoms with E-state index in [1.54, 1.807) is 0 Å². The maximum Gasteiger partial charge on any atom is 0.0409 e. The van der Waals surface area contributed by atoms with Crippen LogP contribution in [0.3, 0.4) is 0 Å². The van der Waals surface area contributed by atoms with Crippen molar-refractivity contribution >= 4 is 11.6 Å². The molecular weight excluding hydrogens is 232 g/mol. The molecule has 0 fully saturated rings. The van der Waals surface area contributed by atoms with E-state index in [4.69, 9.17) is 17.3 Å². The van der Waals surface area contributed by atoms with Gasteiger partial charge in [-0.25, -0.2) is 0 Å².